The van der Waals surface area contributed by atoms with Crippen LogP contribution in [0.2, 0.25) is 0 Å². The molecule has 0 radical (unpaired) electrons. The van der Waals surface area contributed by atoms with Crippen LogP contribution in [0.1, 0.15) is 15.9 Å². The molecule has 3 rings (SSSR count). The van der Waals surface area contributed by atoms with Gasteiger partial charge in [0.05, 0.1) is 5.56 Å². The van der Waals surface area contributed by atoms with E-state index in [1.54, 1.807) is 12.1 Å². The molecule has 3 nitrogen and oxygen atoms in total. The van der Waals surface area contributed by atoms with Crippen LogP contribution >= 0.6 is 15.9 Å². The zero-order valence-electron chi connectivity index (χ0n) is 13.2. The lowest BCUT2D eigenvalue weighted by molar-refractivity contribution is 0.102. The van der Waals surface area contributed by atoms with Crippen LogP contribution in [0.25, 0.3) is 0 Å². The first-order valence-electron chi connectivity index (χ1n) is 7.65. The number of carbonyl (C=O) groups excluding carboxylic acids is 1. The molecule has 3 aromatic carbocycles. The van der Waals surface area contributed by atoms with E-state index < -0.39 is 0 Å². The van der Waals surface area contributed by atoms with E-state index in [4.69, 9.17) is 4.74 Å². The molecule has 0 saturated heterocycles. The van der Waals surface area contributed by atoms with Gasteiger partial charge in [0.2, 0.25) is 0 Å². The van der Waals surface area contributed by atoms with Crippen LogP contribution in [0.15, 0.2) is 77.3 Å². The maximum absolute atomic E-state index is 13.0. The highest BCUT2D eigenvalue weighted by molar-refractivity contribution is 9.10. The van der Waals surface area contributed by atoms with Crippen molar-refractivity contribution < 1.29 is 13.9 Å². The lowest BCUT2D eigenvalue weighted by atomic mass is 10.1. The first-order valence-corrected chi connectivity index (χ1v) is 8.44. The van der Waals surface area contributed by atoms with Crippen LogP contribution in [0.4, 0.5) is 10.1 Å². The van der Waals surface area contributed by atoms with Gasteiger partial charge in [-0.3, -0.25) is 4.79 Å². The number of nitrogens with one attached hydrogen (secondary N) is 1. The number of anilines is 1. The fourth-order valence-electron chi connectivity index (χ4n) is 2.27. The average Bonchev–Trinajstić information content (AvgIpc) is 2.63. The summed E-state index contributed by atoms with van der Waals surface area (Å²) in [6.45, 7) is 0.360. The van der Waals surface area contributed by atoms with Crippen LogP contribution in [0, 0.1) is 5.82 Å². The lowest BCUT2D eigenvalue weighted by Gasteiger charge is -2.12. The first kappa shape index (κ1) is 17.2. The van der Waals surface area contributed by atoms with Gasteiger partial charge in [-0.05, 0) is 48.0 Å². The zero-order chi connectivity index (χ0) is 17.6. The van der Waals surface area contributed by atoms with Crippen molar-refractivity contribution in [2.75, 3.05) is 5.32 Å². The third-order valence-electron chi connectivity index (χ3n) is 3.53. The maximum atomic E-state index is 13.0. The van der Waals surface area contributed by atoms with E-state index in [-0.39, 0.29) is 11.7 Å². The molecular formula is C20H15BrFNO2. The summed E-state index contributed by atoms with van der Waals surface area (Å²) in [5.74, 6) is -0.199. The lowest BCUT2D eigenvalue weighted by Crippen LogP contribution is -2.13. The van der Waals surface area contributed by atoms with Crippen molar-refractivity contribution in [1.29, 1.82) is 0 Å². The standard InChI is InChI=1S/C20H15BrFNO2/c21-15-6-11-19(25-13-14-4-2-1-3-5-14)18(12-15)20(24)23-17-9-7-16(22)8-10-17/h1-12H,13H2,(H,23,24). The number of hydrogen-bond donors (Lipinski definition) is 1. The van der Waals surface area contributed by atoms with Crippen LogP contribution in [-0.4, -0.2) is 5.91 Å². The summed E-state index contributed by atoms with van der Waals surface area (Å²) in [6, 6.07) is 20.6. The molecule has 0 bridgehead atoms. The fraction of sp³-hybridized carbons (Fsp3) is 0.0500. The van der Waals surface area contributed by atoms with Gasteiger partial charge in [0.1, 0.15) is 18.2 Å². The van der Waals surface area contributed by atoms with E-state index >= 15 is 0 Å². The molecule has 1 N–H and O–H groups in total. The first-order chi connectivity index (χ1) is 12.1. The third-order valence-corrected chi connectivity index (χ3v) is 4.02. The van der Waals surface area contributed by atoms with Crippen LogP contribution in [-0.2, 0) is 6.61 Å². The van der Waals surface area contributed by atoms with Gasteiger partial charge in [0.15, 0.2) is 0 Å². The molecule has 0 aliphatic heterocycles. The Hall–Kier alpha value is -2.66. The SMILES string of the molecule is O=C(Nc1ccc(F)cc1)c1cc(Br)ccc1OCc1ccccc1. The van der Waals surface area contributed by atoms with E-state index in [1.165, 1.54) is 24.3 Å². The van der Waals surface area contributed by atoms with E-state index in [0.29, 0.717) is 23.6 Å². The Balaban J connectivity index is 1.78. The van der Waals surface area contributed by atoms with Crippen LogP contribution in [0.3, 0.4) is 0 Å². The monoisotopic (exact) mass is 399 g/mol. The maximum Gasteiger partial charge on any atom is 0.259 e. The van der Waals surface area contributed by atoms with Gasteiger partial charge in [0.25, 0.3) is 5.91 Å². The average molecular weight is 400 g/mol. The van der Waals surface area contributed by atoms with Crippen molar-refractivity contribution in [3.8, 4) is 5.75 Å². The van der Waals surface area contributed by atoms with Crippen molar-refractivity contribution in [3.63, 3.8) is 0 Å². The topological polar surface area (TPSA) is 38.3 Å². The van der Waals surface area contributed by atoms with Gasteiger partial charge in [-0.2, -0.15) is 0 Å². The van der Waals surface area contributed by atoms with Crippen molar-refractivity contribution in [3.05, 3.63) is 94.2 Å². The molecule has 0 heterocycles. The molecule has 1 amide bonds. The predicted octanol–water partition coefficient (Wildman–Crippen LogP) is 5.42. The minimum absolute atomic E-state index is 0.323. The molecule has 0 spiro atoms. The molecule has 0 aromatic heterocycles. The fourth-order valence-corrected chi connectivity index (χ4v) is 2.63. The molecule has 0 unspecified atom stereocenters. The van der Waals surface area contributed by atoms with Gasteiger partial charge >= 0.3 is 0 Å². The Morgan fingerprint density at radius 1 is 1.00 bits per heavy atom. The summed E-state index contributed by atoms with van der Waals surface area (Å²) in [6.07, 6.45) is 0. The van der Waals surface area contributed by atoms with E-state index in [9.17, 15) is 9.18 Å². The number of carbonyl (C=O) groups is 1. The zero-order valence-corrected chi connectivity index (χ0v) is 14.8. The molecule has 0 aliphatic carbocycles. The second-order valence-electron chi connectivity index (χ2n) is 5.38. The van der Waals surface area contributed by atoms with Gasteiger partial charge in [0, 0.05) is 10.2 Å². The molecule has 126 valence electrons. The molecule has 25 heavy (non-hydrogen) atoms. The summed E-state index contributed by atoms with van der Waals surface area (Å²) >= 11 is 3.37. The van der Waals surface area contributed by atoms with Gasteiger partial charge in [-0.1, -0.05) is 46.3 Å². The minimum Gasteiger partial charge on any atom is -0.488 e. The molecular weight excluding hydrogens is 385 g/mol. The largest absolute Gasteiger partial charge is 0.488 e. The molecule has 0 saturated carbocycles. The Kier molecular flexibility index (Phi) is 5.46. The van der Waals surface area contributed by atoms with Crippen molar-refractivity contribution in [2.45, 2.75) is 6.61 Å². The van der Waals surface area contributed by atoms with E-state index in [1.807, 2.05) is 36.4 Å². The molecule has 0 aliphatic rings. The number of amides is 1. The van der Waals surface area contributed by atoms with Crippen LogP contribution < -0.4 is 10.1 Å². The quantitative estimate of drug-likeness (QED) is 0.621. The molecule has 3 aromatic rings. The Morgan fingerprint density at radius 3 is 2.44 bits per heavy atom. The van der Waals surface area contributed by atoms with E-state index in [0.717, 1.165) is 10.0 Å². The molecule has 5 heteroatoms. The minimum atomic E-state index is -0.354. The molecule has 0 atom stereocenters. The summed E-state index contributed by atoms with van der Waals surface area (Å²) < 4.78 is 19.6. The number of benzene rings is 3. The Bertz CT molecular complexity index is 867. The number of ether oxygens (including phenoxy) is 1. The highest BCUT2D eigenvalue weighted by atomic mass is 79.9. The summed E-state index contributed by atoms with van der Waals surface area (Å²) in [5, 5.41) is 2.74. The Morgan fingerprint density at radius 2 is 1.72 bits per heavy atom. The summed E-state index contributed by atoms with van der Waals surface area (Å²) in [4.78, 5) is 12.6. The van der Waals surface area contributed by atoms with E-state index in [2.05, 4.69) is 21.2 Å². The van der Waals surface area contributed by atoms with Crippen LogP contribution in [0.5, 0.6) is 5.75 Å². The van der Waals surface area contributed by atoms with Crippen molar-refractivity contribution in [1.82, 2.24) is 0 Å². The van der Waals surface area contributed by atoms with Crippen molar-refractivity contribution in [2.24, 2.45) is 0 Å². The number of halogens is 2. The highest BCUT2D eigenvalue weighted by Gasteiger charge is 2.14. The summed E-state index contributed by atoms with van der Waals surface area (Å²) in [7, 11) is 0. The smallest absolute Gasteiger partial charge is 0.259 e. The second-order valence-corrected chi connectivity index (χ2v) is 6.29. The normalized spacial score (nSPS) is 10.3. The predicted molar refractivity (Wildman–Crippen MR) is 99.3 cm³/mol. The summed E-state index contributed by atoms with van der Waals surface area (Å²) in [5.41, 5.74) is 1.92. The van der Waals surface area contributed by atoms with Crippen molar-refractivity contribution >= 4 is 27.5 Å². The number of hydrogen-bond acceptors (Lipinski definition) is 2. The second kappa shape index (κ2) is 7.94. The number of rotatable bonds is 5. The molecule has 0 fully saturated rings. The third kappa shape index (κ3) is 4.67. The van der Waals surface area contributed by atoms with Gasteiger partial charge < -0.3 is 10.1 Å². The Labute approximate surface area is 153 Å². The van der Waals surface area contributed by atoms with Gasteiger partial charge in [-0.15, -0.1) is 0 Å². The van der Waals surface area contributed by atoms with Gasteiger partial charge in [-0.25, -0.2) is 4.39 Å². The highest BCUT2D eigenvalue weighted by Crippen LogP contribution is 2.25.